The molecule has 8 heteroatoms. The molecule has 1 aliphatic rings. The minimum Gasteiger partial charge on any atom is -0.422 e. The van der Waals surface area contributed by atoms with Crippen LogP contribution in [-0.2, 0) is 0 Å². The quantitative estimate of drug-likeness (QED) is 0.472. The Bertz CT molecular complexity index is 1340. The molecule has 32 heavy (non-hydrogen) atoms. The third-order valence-electron chi connectivity index (χ3n) is 5.78. The van der Waals surface area contributed by atoms with Crippen LogP contribution in [0.3, 0.4) is 0 Å². The van der Waals surface area contributed by atoms with E-state index in [9.17, 15) is 9.59 Å². The molecule has 2 aromatic heterocycles. The van der Waals surface area contributed by atoms with E-state index in [1.807, 2.05) is 12.1 Å². The number of nitrogens with one attached hydrogen (secondary N) is 1. The fourth-order valence-electron chi connectivity index (χ4n) is 3.96. The van der Waals surface area contributed by atoms with Crippen molar-refractivity contribution in [3.8, 4) is 0 Å². The predicted molar refractivity (Wildman–Crippen MR) is 128 cm³/mol. The largest absolute Gasteiger partial charge is 0.422 e. The van der Waals surface area contributed by atoms with E-state index >= 15 is 0 Å². The van der Waals surface area contributed by atoms with Gasteiger partial charge in [-0.3, -0.25) is 9.69 Å². The fraction of sp³-hybridized carbons (Fsp3) is 0.292. The maximum Gasteiger partial charge on any atom is 0.349 e. The molecule has 0 radical (unpaired) electrons. The maximum atomic E-state index is 12.5. The highest BCUT2D eigenvalue weighted by Gasteiger charge is 2.20. The van der Waals surface area contributed by atoms with Crippen molar-refractivity contribution in [1.29, 1.82) is 0 Å². The van der Waals surface area contributed by atoms with Gasteiger partial charge in [0.05, 0.1) is 10.2 Å². The molecule has 0 aliphatic carbocycles. The molecule has 0 unspecified atom stereocenters. The van der Waals surface area contributed by atoms with Gasteiger partial charge in [-0.2, -0.15) is 0 Å². The molecular formula is C24H24N4O3S. The molecule has 2 aromatic carbocycles. The average Bonchev–Trinajstić information content (AvgIpc) is 3.22. The van der Waals surface area contributed by atoms with E-state index in [-0.39, 0.29) is 5.56 Å². The number of amides is 1. The van der Waals surface area contributed by atoms with Crippen LogP contribution in [0.2, 0.25) is 0 Å². The Labute approximate surface area is 189 Å². The summed E-state index contributed by atoms with van der Waals surface area (Å²) in [7, 11) is 0. The average molecular weight is 449 g/mol. The molecule has 0 saturated carbocycles. The molecule has 1 fully saturated rings. The SMILES string of the molecule is Cc1ccc2nc(N3CCN(CCNC(=O)c4cc5ccccc5oc4=O)CC3)sc2c1. The number of fused-ring (bicyclic) bond motifs is 2. The van der Waals surface area contributed by atoms with E-state index in [4.69, 9.17) is 9.40 Å². The van der Waals surface area contributed by atoms with Gasteiger partial charge in [0.25, 0.3) is 5.91 Å². The third kappa shape index (κ3) is 4.24. The summed E-state index contributed by atoms with van der Waals surface area (Å²) in [5, 5.41) is 4.66. The number of benzene rings is 2. The summed E-state index contributed by atoms with van der Waals surface area (Å²) < 4.78 is 6.48. The van der Waals surface area contributed by atoms with Gasteiger partial charge in [0.1, 0.15) is 11.1 Å². The second-order valence-electron chi connectivity index (χ2n) is 8.04. The molecule has 1 aliphatic heterocycles. The molecule has 1 N–H and O–H groups in total. The number of nitrogens with zero attached hydrogens (tertiary/aromatic N) is 3. The fourth-order valence-corrected chi connectivity index (χ4v) is 5.08. The van der Waals surface area contributed by atoms with E-state index < -0.39 is 11.5 Å². The maximum absolute atomic E-state index is 12.5. The third-order valence-corrected chi connectivity index (χ3v) is 6.85. The monoisotopic (exact) mass is 448 g/mol. The number of aromatic nitrogens is 1. The number of rotatable bonds is 5. The first-order chi connectivity index (χ1) is 15.6. The van der Waals surface area contributed by atoms with Crippen LogP contribution in [0.4, 0.5) is 5.13 Å². The number of hydrogen-bond donors (Lipinski definition) is 1. The molecule has 5 rings (SSSR count). The highest BCUT2D eigenvalue weighted by molar-refractivity contribution is 7.22. The molecule has 0 spiro atoms. The summed E-state index contributed by atoms with van der Waals surface area (Å²) in [4.78, 5) is 34.1. The molecule has 1 saturated heterocycles. The van der Waals surface area contributed by atoms with Gasteiger partial charge in [0.15, 0.2) is 5.13 Å². The second-order valence-corrected chi connectivity index (χ2v) is 9.05. The van der Waals surface area contributed by atoms with Crippen LogP contribution >= 0.6 is 11.3 Å². The van der Waals surface area contributed by atoms with E-state index in [1.54, 1.807) is 29.5 Å². The molecule has 0 atom stereocenters. The van der Waals surface area contributed by atoms with Crippen LogP contribution in [0.1, 0.15) is 15.9 Å². The smallest absolute Gasteiger partial charge is 0.349 e. The Hall–Kier alpha value is -3.23. The van der Waals surface area contributed by atoms with Gasteiger partial charge in [-0.1, -0.05) is 35.6 Å². The number of hydrogen-bond acceptors (Lipinski definition) is 7. The Balaban J connectivity index is 1.14. The molecule has 1 amide bonds. The van der Waals surface area contributed by atoms with Gasteiger partial charge in [0, 0.05) is 44.7 Å². The molecule has 4 aromatic rings. The predicted octanol–water partition coefficient (Wildman–Crippen LogP) is 3.26. The van der Waals surface area contributed by atoms with Crippen molar-refractivity contribution < 1.29 is 9.21 Å². The van der Waals surface area contributed by atoms with E-state index in [1.165, 1.54) is 10.3 Å². The number of carbonyl (C=O) groups excluding carboxylic acids is 1. The summed E-state index contributed by atoms with van der Waals surface area (Å²) in [6.45, 7) is 6.93. The first kappa shape index (κ1) is 20.7. The van der Waals surface area contributed by atoms with Crippen molar-refractivity contribution >= 4 is 43.6 Å². The number of carbonyl (C=O) groups is 1. The van der Waals surface area contributed by atoms with Crippen LogP contribution in [0, 0.1) is 6.92 Å². The van der Waals surface area contributed by atoms with Crippen LogP contribution in [0.15, 0.2) is 57.7 Å². The Kier molecular flexibility index (Phi) is 5.63. The zero-order chi connectivity index (χ0) is 22.1. The Morgan fingerprint density at radius 3 is 2.78 bits per heavy atom. The van der Waals surface area contributed by atoms with Gasteiger partial charge < -0.3 is 14.6 Å². The van der Waals surface area contributed by atoms with Crippen molar-refractivity contribution in [3.63, 3.8) is 0 Å². The van der Waals surface area contributed by atoms with Crippen molar-refractivity contribution in [1.82, 2.24) is 15.2 Å². The molecule has 0 bridgehead atoms. The van der Waals surface area contributed by atoms with E-state index in [0.717, 1.165) is 48.8 Å². The molecule has 7 nitrogen and oxygen atoms in total. The zero-order valence-electron chi connectivity index (χ0n) is 17.8. The normalized spacial score (nSPS) is 14.8. The van der Waals surface area contributed by atoms with Gasteiger partial charge in [-0.05, 0) is 36.8 Å². The topological polar surface area (TPSA) is 78.7 Å². The van der Waals surface area contributed by atoms with Crippen molar-refractivity contribution in [2.45, 2.75) is 6.92 Å². The van der Waals surface area contributed by atoms with Gasteiger partial charge in [-0.15, -0.1) is 0 Å². The minimum atomic E-state index is -0.610. The van der Waals surface area contributed by atoms with Crippen LogP contribution in [-0.4, -0.2) is 55.1 Å². The lowest BCUT2D eigenvalue weighted by molar-refractivity contribution is 0.0944. The van der Waals surface area contributed by atoms with E-state index in [2.05, 4.69) is 40.2 Å². The summed E-state index contributed by atoms with van der Waals surface area (Å²) >= 11 is 1.74. The molecule has 3 heterocycles. The lowest BCUT2D eigenvalue weighted by Gasteiger charge is -2.34. The van der Waals surface area contributed by atoms with Gasteiger partial charge in [-0.25, -0.2) is 9.78 Å². The number of thiazole rings is 1. The number of para-hydroxylation sites is 1. The van der Waals surface area contributed by atoms with Crippen LogP contribution in [0.25, 0.3) is 21.2 Å². The standard InChI is InChI=1S/C24H24N4O3S/c1-16-6-7-19-21(14-16)32-24(26-19)28-12-10-27(11-13-28)9-8-25-22(29)18-15-17-4-2-3-5-20(17)31-23(18)30/h2-7,14-15H,8-13H2,1H3,(H,25,29). The zero-order valence-corrected chi connectivity index (χ0v) is 18.7. The first-order valence-corrected chi connectivity index (χ1v) is 11.5. The summed E-state index contributed by atoms with van der Waals surface area (Å²) in [5.41, 5.74) is 2.22. The lowest BCUT2D eigenvalue weighted by atomic mass is 10.2. The number of anilines is 1. The first-order valence-electron chi connectivity index (χ1n) is 10.7. The number of aryl methyl sites for hydroxylation is 1. The summed E-state index contributed by atoms with van der Waals surface area (Å²) in [6, 6.07) is 15.1. The Morgan fingerprint density at radius 1 is 1.12 bits per heavy atom. The molecule has 164 valence electrons. The van der Waals surface area contributed by atoms with Crippen molar-refractivity contribution in [2.75, 3.05) is 44.2 Å². The second kappa shape index (κ2) is 8.72. The lowest BCUT2D eigenvalue weighted by Crippen LogP contribution is -2.48. The van der Waals surface area contributed by atoms with Crippen LogP contribution in [0.5, 0.6) is 0 Å². The highest BCUT2D eigenvalue weighted by Crippen LogP contribution is 2.30. The summed E-state index contributed by atoms with van der Waals surface area (Å²) in [5.74, 6) is -0.395. The highest BCUT2D eigenvalue weighted by atomic mass is 32.1. The van der Waals surface area contributed by atoms with Crippen LogP contribution < -0.4 is 15.8 Å². The number of piperazine rings is 1. The summed E-state index contributed by atoms with van der Waals surface area (Å²) in [6.07, 6.45) is 0. The van der Waals surface area contributed by atoms with Gasteiger partial charge in [0.2, 0.25) is 0 Å². The Morgan fingerprint density at radius 2 is 1.94 bits per heavy atom. The van der Waals surface area contributed by atoms with Crippen molar-refractivity contribution in [3.05, 3.63) is 70.1 Å². The van der Waals surface area contributed by atoms with E-state index in [0.29, 0.717) is 12.1 Å². The molecular weight excluding hydrogens is 424 g/mol. The van der Waals surface area contributed by atoms with Crippen molar-refractivity contribution in [2.24, 2.45) is 0 Å². The minimum absolute atomic E-state index is 0.0413. The van der Waals surface area contributed by atoms with Gasteiger partial charge >= 0.3 is 5.63 Å².